The van der Waals surface area contributed by atoms with Gasteiger partial charge in [0.15, 0.2) is 0 Å². The molecule has 2 rings (SSSR count). The Bertz CT molecular complexity index is 365. The van der Waals surface area contributed by atoms with E-state index in [1.165, 1.54) is 103 Å². The highest BCUT2D eigenvalue weighted by Crippen LogP contribution is 2.53. The summed E-state index contributed by atoms with van der Waals surface area (Å²) >= 11 is 21.3. The molecule has 0 saturated heterocycles. The lowest BCUT2D eigenvalue weighted by molar-refractivity contribution is 0.284. The Labute approximate surface area is 208 Å². The third-order valence-corrected chi connectivity index (χ3v) is 10.4. The van der Waals surface area contributed by atoms with E-state index < -0.39 is 0 Å². The molecule has 172 valence electrons. The minimum Gasteiger partial charge on any atom is -0.179 e. The number of hydrogen-bond acceptors (Lipinski definition) is 5. The normalized spacial score (nSPS) is 20.3. The molecule has 2 saturated carbocycles. The molecular weight excluding hydrogens is 449 g/mol. The van der Waals surface area contributed by atoms with Crippen LogP contribution in [0.3, 0.4) is 0 Å². The summed E-state index contributed by atoms with van der Waals surface area (Å²) < 4.78 is 0.679. The predicted octanol–water partition coefficient (Wildman–Crippen LogP) is 8.42. The lowest BCUT2D eigenvalue weighted by atomic mass is 9.80. The Hall–Kier alpha value is 1.75. The Morgan fingerprint density at radius 2 is 0.828 bits per heavy atom. The molecule has 5 heteroatoms. The van der Waals surface area contributed by atoms with Crippen LogP contribution in [0.5, 0.6) is 0 Å². The van der Waals surface area contributed by atoms with Crippen LogP contribution in [0.15, 0.2) is 0 Å². The molecule has 0 bridgehead atoms. The first-order valence-electron chi connectivity index (χ1n) is 12.2. The molecule has 2 fully saturated rings. The Balaban J connectivity index is 2.24. The van der Waals surface area contributed by atoms with Crippen LogP contribution in [0.2, 0.25) is 0 Å². The molecule has 29 heavy (non-hydrogen) atoms. The molecule has 0 nitrogen and oxygen atoms in total. The fourth-order valence-electron chi connectivity index (χ4n) is 6.05. The highest BCUT2D eigenvalue weighted by molar-refractivity contribution is 8.02. The highest BCUT2D eigenvalue weighted by atomic mass is 32.2. The highest BCUT2D eigenvalue weighted by Gasteiger charge is 2.43. The van der Waals surface area contributed by atoms with Crippen LogP contribution in [-0.4, -0.2) is 32.5 Å². The van der Waals surface area contributed by atoms with Gasteiger partial charge in [-0.05, 0) is 73.4 Å². The maximum absolute atomic E-state index is 4.74. The fourth-order valence-corrected chi connectivity index (χ4v) is 10.7. The monoisotopic (exact) mass is 494 g/mol. The van der Waals surface area contributed by atoms with Crippen LogP contribution in [-0.2, 0) is 0 Å². The van der Waals surface area contributed by atoms with Crippen LogP contribution >= 0.6 is 62.3 Å². The maximum atomic E-state index is 4.74. The minimum absolute atomic E-state index is 0.339. The van der Waals surface area contributed by atoms with Crippen molar-refractivity contribution in [1.29, 1.82) is 0 Å². The molecule has 0 N–H and O–H groups in total. The van der Waals surface area contributed by atoms with Crippen molar-refractivity contribution in [1.82, 2.24) is 0 Å². The van der Waals surface area contributed by atoms with Gasteiger partial charge in [-0.15, -0.1) is 11.8 Å². The number of thiol groups is 4. The second kappa shape index (κ2) is 14.8. The summed E-state index contributed by atoms with van der Waals surface area (Å²) in [5.74, 6) is 5.80. The Morgan fingerprint density at radius 3 is 1.10 bits per heavy atom. The van der Waals surface area contributed by atoms with Crippen LogP contribution < -0.4 is 0 Å². The average molecular weight is 495 g/mol. The topological polar surface area (TPSA) is 0 Å². The number of rotatable bonds is 14. The van der Waals surface area contributed by atoms with E-state index in [2.05, 4.69) is 11.8 Å². The molecule has 0 unspecified atom stereocenters. The second-order valence-corrected chi connectivity index (χ2v) is 13.5. The molecule has 0 aromatic heterocycles. The molecule has 0 atom stereocenters. The molecular formula is C24H46S5. The zero-order valence-electron chi connectivity index (χ0n) is 18.5. The van der Waals surface area contributed by atoms with E-state index in [4.69, 9.17) is 50.5 Å². The van der Waals surface area contributed by atoms with E-state index in [0.29, 0.717) is 9.49 Å². The van der Waals surface area contributed by atoms with E-state index in [0.717, 1.165) is 34.8 Å². The van der Waals surface area contributed by atoms with Gasteiger partial charge >= 0.3 is 0 Å². The molecule has 0 spiro atoms. The summed E-state index contributed by atoms with van der Waals surface area (Å²) in [7, 11) is 0. The standard InChI is InChI=1S/C24H46S5/c25-15-11-23(12-16-26,19-21-7-3-1-4-8-21)29-24(13-17-27,14-18-28)20-22-9-5-2-6-10-22/h21-22,25-28H,1-20H2. The largest absolute Gasteiger partial charge is 0.179 e. The summed E-state index contributed by atoms with van der Waals surface area (Å²) in [4.78, 5) is 0. The van der Waals surface area contributed by atoms with E-state index >= 15 is 0 Å². The maximum Gasteiger partial charge on any atom is 0.0183 e. The molecule has 2 aliphatic carbocycles. The van der Waals surface area contributed by atoms with Crippen molar-refractivity contribution < 1.29 is 0 Å². The molecule has 2 aliphatic rings. The van der Waals surface area contributed by atoms with Crippen molar-refractivity contribution in [2.75, 3.05) is 23.0 Å². The van der Waals surface area contributed by atoms with Crippen LogP contribution in [0.25, 0.3) is 0 Å². The van der Waals surface area contributed by atoms with E-state index in [1.807, 2.05) is 0 Å². The minimum atomic E-state index is 0.339. The number of thioether (sulfide) groups is 1. The first-order chi connectivity index (χ1) is 14.1. The van der Waals surface area contributed by atoms with Gasteiger partial charge in [-0.3, -0.25) is 0 Å². The van der Waals surface area contributed by atoms with Gasteiger partial charge in [-0.25, -0.2) is 0 Å². The van der Waals surface area contributed by atoms with Gasteiger partial charge in [0.05, 0.1) is 0 Å². The Kier molecular flexibility index (Phi) is 13.8. The second-order valence-electron chi connectivity index (χ2n) is 9.78. The van der Waals surface area contributed by atoms with Gasteiger partial charge < -0.3 is 0 Å². The third kappa shape index (κ3) is 9.26. The summed E-state index contributed by atoms with van der Waals surface area (Å²) in [5, 5.41) is 0. The van der Waals surface area contributed by atoms with Crippen LogP contribution in [0, 0.1) is 11.8 Å². The first kappa shape index (κ1) is 27.0. The van der Waals surface area contributed by atoms with Gasteiger partial charge in [-0.1, -0.05) is 64.2 Å². The van der Waals surface area contributed by atoms with Crippen molar-refractivity contribution in [3.63, 3.8) is 0 Å². The molecule has 0 aromatic rings. The third-order valence-electron chi connectivity index (χ3n) is 7.47. The lowest BCUT2D eigenvalue weighted by Crippen LogP contribution is -2.40. The predicted molar refractivity (Wildman–Crippen MR) is 149 cm³/mol. The molecule has 0 radical (unpaired) electrons. The molecule has 0 heterocycles. The van der Waals surface area contributed by atoms with Gasteiger partial charge in [0.2, 0.25) is 0 Å². The van der Waals surface area contributed by atoms with Crippen molar-refractivity contribution in [2.45, 2.75) is 112 Å². The molecule has 0 amide bonds. The van der Waals surface area contributed by atoms with E-state index in [1.54, 1.807) is 0 Å². The lowest BCUT2D eigenvalue weighted by Gasteiger charge is -2.47. The summed E-state index contributed by atoms with van der Waals surface area (Å²) in [6, 6.07) is 0. The molecule has 0 aromatic carbocycles. The van der Waals surface area contributed by atoms with Gasteiger partial charge in [0.25, 0.3) is 0 Å². The zero-order valence-corrected chi connectivity index (χ0v) is 22.9. The smallest absolute Gasteiger partial charge is 0.0183 e. The summed E-state index contributed by atoms with van der Waals surface area (Å²) in [6.45, 7) is 0. The van der Waals surface area contributed by atoms with Crippen molar-refractivity contribution in [3.05, 3.63) is 0 Å². The number of hydrogen-bond donors (Lipinski definition) is 4. The van der Waals surface area contributed by atoms with Crippen LogP contribution in [0.4, 0.5) is 0 Å². The zero-order chi connectivity index (χ0) is 21.0. The SMILES string of the molecule is SCCC(CCS)(CC1CCCCC1)SC(CCS)(CCS)CC1CCCCC1. The fraction of sp³-hybridized carbons (Fsp3) is 1.00. The first-order valence-corrected chi connectivity index (χ1v) is 15.6. The van der Waals surface area contributed by atoms with Crippen molar-refractivity contribution in [2.24, 2.45) is 11.8 Å². The van der Waals surface area contributed by atoms with Gasteiger partial charge in [-0.2, -0.15) is 50.5 Å². The Morgan fingerprint density at radius 1 is 0.517 bits per heavy atom. The summed E-state index contributed by atoms with van der Waals surface area (Å²) in [6.07, 6.45) is 22.1. The van der Waals surface area contributed by atoms with Crippen LogP contribution in [0.1, 0.15) is 103 Å². The molecule has 0 aliphatic heterocycles. The summed E-state index contributed by atoms with van der Waals surface area (Å²) in [5.41, 5.74) is 0. The van der Waals surface area contributed by atoms with Gasteiger partial charge in [0, 0.05) is 9.49 Å². The van der Waals surface area contributed by atoms with E-state index in [9.17, 15) is 0 Å². The van der Waals surface area contributed by atoms with E-state index in [-0.39, 0.29) is 0 Å². The quantitative estimate of drug-likeness (QED) is 0.176. The van der Waals surface area contributed by atoms with Crippen molar-refractivity contribution in [3.8, 4) is 0 Å². The van der Waals surface area contributed by atoms with Crippen molar-refractivity contribution >= 4 is 62.3 Å². The average Bonchev–Trinajstić information content (AvgIpc) is 2.70. The van der Waals surface area contributed by atoms with Gasteiger partial charge in [0.1, 0.15) is 0 Å².